The Hall–Kier alpha value is -1.72. The van der Waals surface area contributed by atoms with E-state index in [0.29, 0.717) is 17.8 Å². The second-order valence-corrected chi connectivity index (χ2v) is 5.20. The lowest BCUT2D eigenvalue weighted by Crippen LogP contribution is -2.36. The third kappa shape index (κ3) is 2.89. The van der Waals surface area contributed by atoms with Crippen LogP contribution in [-0.2, 0) is 6.54 Å². The van der Waals surface area contributed by atoms with Crippen LogP contribution in [0.1, 0.15) is 18.7 Å². The summed E-state index contributed by atoms with van der Waals surface area (Å²) in [6, 6.07) is 10.5. The smallest absolute Gasteiger partial charge is 0.241 e. The fraction of sp³-hybridized carbons (Fsp3) is 0.467. The predicted molar refractivity (Wildman–Crippen MR) is 77.1 cm³/mol. The maximum atomic E-state index is 5.38. The minimum absolute atomic E-state index is 0.576. The van der Waals surface area contributed by atoms with Crippen LogP contribution in [0.15, 0.2) is 34.9 Å². The molecular formula is C15H20N4O. The molecule has 5 heteroatoms. The Morgan fingerprint density at radius 1 is 1.35 bits per heavy atom. The molecule has 1 saturated heterocycles. The van der Waals surface area contributed by atoms with E-state index in [1.807, 2.05) is 37.4 Å². The zero-order chi connectivity index (χ0) is 13.8. The van der Waals surface area contributed by atoms with Gasteiger partial charge in [-0.3, -0.25) is 4.90 Å². The molecule has 1 aromatic carbocycles. The van der Waals surface area contributed by atoms with Crippen molar-refractivity contribution in [3.63, 3.8) is 0 Å². The first kappa shape index (κ1) is 13.3. The zero-order valence-corrected chi connectivity index (χ0v) is 11.7. The van der Waals surface area contributed by atoms with E-state index >= 15 is 0 Å². The van der Waals surface area contributed by atoms with Crippen LogP contribution < -0.4 is 5.32 Å². The van der Waals surface area contributed by atoms with Gasteiger partial charge in [0.1, 0.15) is 0 Å². The maximum absolute atomic E-state index is 5.38. The van der Waals surface area contributed by atoms with Crippen molar-refractivity contribution in [2.75, 3.05) is 20.1 Å². The number of likely N-dealkylation sites (tertiary alicyclic amines) is 1. The monoisotopic (exact) mass is 272 g/mol. The van der Waals surface area contributed by atoms with E-state index in [-0.39, 0.29) is 0 Å². The fourth-order valence-electron chi connectivity index (χ4n) is 2.77. The molecule has 0 radical (unpaired) electrons. The summed E-state index contributed by atoms with van der Waals surface area (Å²) in [7, 11) is 2.00. The maximum Gasteiger partial charge on any atom is 0.241 e. The normalized spacial score (nSPS) is 19.6. The van der Waals surface area contributed by atoms with Crippen LogP contribution in [0.5, 0.6) is 0 Å². The van der Waals surface area contributed by atoms with Crippen LogP contribution in [0.3, 0.4) is 0 Å². The highest BCUT2D eigenvalue weighted by Gasteiger charge is 2.25. The van der Waals surface area contributed by atoms with Gasteiger partial charge in [0.25, 0.3) is 0 Å². The van der Waals surface area contributed by atoms with Crippen molar-refractivity contribution in [2.24, 2.45) is 0 Å². The van der Waals surface area contributed by atoms with Gasteiger partial charge in [-0.25, -0.2) is 0 Å². The van der Waals surface area contributed by atoms with Gasteiger partial charge >= 0.3 is 0 Å². The van der Waals surface area contributed by atoms with Crippen molar-refractivity contribution >= 4 is 0 Å². The SMILES string of the molecule is CNCC1CCCN1Cc1nc(-c2ccccc2)no1. The molecule has 0 bridgehead atoms. The Morgan fingerprint density at radius 3 is 3.00 bits per heavy atom. The van der Waals surface area contributed by atoms with Crippen molar-refractivity contribution in [3.8, 4) is 11.4 Å². The zero-order valence-electron chi connectivity index (χ0n) is 11.7. The first-order chi connectivity index (χ1) is 9.86. The van der Waals surface area contributed by atoms with Gasteiger partial charge in [0.2, 0.25) is 11.7 Å². The number of hydrogen-bond donors (Lipinski definition) is 1. The molecule has 0 amide bonds. The third-order valence-electron chi connectivity index (χ3n) is 3.78. The molecule has 3 rings (SSSR count). The average molecular weight is 272 g/mol. The van der Waals surface area contributed by atoms with Crippen LogP contribution in [0, 0.1) is 0 Å². The Kier molecular flexibility index (Phi) is 4.08. The van der Waals surface area contributed by atoms with Crippen molar-refractivity contribution in [3.05, 3.63) is 36.2 Å². The number of rotatable bonds is 5. The summed E-state index contributed by atoms with van der Waals surface area (Å²) in [4.78, 5) is 6.91. The molecule has 1 unspecified atom stereocenters. The Bertz CT molecular complexity index is 540. The van der Waals surface area contributed by atoms with Crippen LogP contribution in [0.4, 0.5) is 0 Å². The summed E-state index contributed by atoms with van der Waals surface area (Å²) in [6.45, 7) is 2.86. The minimum Gasteiger partial charge on any atom is -0.338 e. The largest absolute Gasteiger partial charge is 0.338 e. The van der Waals surface area contributed by atoms with Crippen molar-refractivity contribution in [1.29, 1.82) is 0 Å². The molecule has 1 aromatic heterocycles. The van der Waals surface area contributed by atoms with E-state index in [2.05, 4.69) is 20.4 Å². The lowest BCUT2D eigenvalue weighted by atomic mass is 10.2. The highest BCUT2D eigenvalue weighted by molar-refractivity contribution is 5.53. The second-order valence-electron chi connectivity index (χ2n) is 5.20. The summed E-state index contributed by atoms with van der Waals surface area (Å²) in [6.07, 6.45) is 2.48. The van der Waals surface area contributed by atoms with Gasteiger partial charge in [0.15, 0.2) is 0 Å². The molecule has 0 spiro atoms. The molecule has 0 saturated carbocycles. The third-order valence-corrected chi connectivity index (χ3v) is 3.78. The Balaban J connectivity index is 1.68. The molecular weight excluding hydrogens is 252 g/mol. The molecule has 20 heavy (non-hydrogen) atoms. The number of benzene rings is 1. The highest BCUT2D eigenvalue weighted by Crippen LogP contribution is 2.20. The molecule has 5 nitrogen and oxygen atoms in total. The summed E-state index contributed by atoms with van der Waals surface area (Å²) in [5, 5.41) is 7.32. The van der Waals surface area contributed by atoms with Crippen molar-refractivity contribution < 1.29 is 4.52 Å². The number of nitrogens with one attached hydrogen (secondary N) is 1. The quantitative estimate of drug-likeness (QED) is 0.901. The van der Waals surface area contributed by atoms with E-state index < -0.39 is 0 Å². The number of likely N-dealkylation sites (N-methyl/N-ethyl adjacent to an activating group) is 1. The molecule has 0 aliphatic carbocycles. The van der Waals surface area contributed by atoms with Gasteiger partial charge in [-0.2, -0.15) is 4.98 Å². The van der Waals surface area contributed by atoms with Crippen LogP contribution in [0.2, 0.25) is 0 Å². The minimum atomic E-state index is 0.576. The van der Waals surface area contributed by atoms with E-state index in [1.165, 1.54) is 12.8 Å². The van der Waals surface area contributed by atoms with Gasteiger partial charge in [0, 0.05) is 18.2 Å². The summed E-state index contributed by atoms with van der Waals surface area (Å²) in [5.74, 6) is 1.37. The second kappa shape index (κ2) is 6.15. The fourth-order valence-corrected chi connectivity index (χ4v) is 2.77. The molecule has 106 valence electrons. The van der Waals surface area contributed by atoms with E-state index in [0.717, 1.165) is 25.2 Å². The lowest BCUT2D eigenvalue weighted by Gasteiger charge is -2.22. The van der Waals surface area contributed by atoms with Gasteiger partial charge in [-0.15, -0.1) is 0 Å². The molecule has 1 aliphatic rings. The number of aromatic nitrogens is 2. The first-order valence-electron chi connectivity index (χ1n) is 7.13. The Labute approximate surface area is 119 Å². The summed E-state index contributed by atoms with van der Waals surface area (Å²) < 4.78 is 5.38. The molecule has 1 atom stereocenters. The number of nitrogens with zero attached hydrogens (tertiary/aromatic N) is 3. The molecule has 2 heterocycles. The predicted octanol–water partition coefficient (Wildman–Crippen LogP) is 1.92. The molecule has 1 fully saturated rings. The van der Waals surface area contributed by atoms with Crippen molar-refractivity contribution in [1.82, 2.24) is 20.4 Å². The van der Waals surface area contributed by atoms with Gasteiger partial charge in [-0.1, -0.05) is 35.5 Å². The molecule has 1 N–H and O–H groups in total. The van der Waals surface area contributed by atoms with E-state index in [1.54, 1.807) is 0 Å². The van der Waals surface area contributed by atoms with Gasteiger partial charge in [0.05, 0.1) is 6.54 Å². The van der Waals surface area contributed by atoms with E-state index in [9.17, 15) is 0 Å². The van der Waals surface area contributed by atoms with E-state index in [4.69, 9.17) is 4.52 Å². The highest BCUT2D eigenvalue weighted by atomic mass is 16.5. The topological polar surface area (TPSA) is 54.2 Å². The van der Waals surface area contributed by atoms with Crippen LogP contribution >= 0.6 is 0 Å². The molecule has 1 aliphatic heterocycles. The first-order valence-corrected chi connectivity index (χ1v) is 7.13. The molecule has 2 aromatic rings. The average Bonchev–Trinajstić information content (AvgIpc) is 3.11. The lowest BCUT2D eigenvalue weighted by molar-refractivity contribution is 0.209. The van der Waals surface area contributed by atoms with Crippen molar-refractivity contribution in [2.45, 2.75) is 25.4 Å². The standard InChI is InChI=1S/C15H20N4O/c1-16-10-13-8-5-9-19(13)11-14-17-15(18-20-14)12-6-3-2-4-7-12/h2-4,6-7,13,16H,5,8-11H2,1H3. The summed E-state index contributed by atoms with van der Waals surface area (Å²) >= 11 is 0. The number of hydrogen-bond acceptors (Lipinski definition) is 5. The van der Waals surface area contributed by atoms with Gasteiger partial charge < -0.3 is 9.84 Å². The summed E-state index contributed by atoms with van der Waals surface area (Å²) in [5.41, 5.74) is 0.996. The Morgan fingerprint density at radius 2 is 2.20 bits per heavy atom. The van der Waals surface area contributed by atoms with Crippen LogP contribution in [0.25, 0.3) is 11.4 Å². The van der Waals surface area contributed by atoms with Crippen LogP contribution in [-0.4, -0.2) is 41.2 Å². The van der Waals surface area contributed by atoms with Gasteiger partial charge in [-0.05, 0) is 26.4 Å².